The minimum Gasteiger partial charge on any atom is -0.497 e. The second-order valence-electron chi connectivity index (χ2n) is 16.2. The fraction of sp³-hybridized carbons (Fsp3) is 0.340. The number of methoxy groups -OCH3 is 1. The lowest BCUT2D eigenvalue weighted by atomic mass is 9.74. The van der Waals surface area contributed by atoms with Crippen molar-refractivity contribution in [3.63, 3.8) is 0 Å². The molecule has 2 saturated heterocycles. The smallest absolute Gasteiger partial charge is 0.416 e. The van der Waals surface area contributed by atoms with Crippen molar-refractivity contribution in [1.29, 1.82) is 0 Å². The molecule has 3 aromatic carbocycles. The molecular formula is C50H51F6N5O3. The Hall–Kier alpha value is -5.67. The van der Waals surface area contributed by atoms with Crippen LogP contribution in [0.1, 0.15) is 59.3 Å². The molecule has 14 heteroatoms. The molecule has 2 aliphatic rings. The van der Waals surface area contributed by atoms with Crippen molar-refractivity contribution in [3.05, 3.63) is 167 Å². The van der Waals surface area contributed by atoms with Gasteiger partial charge in [-0.1, -0.05) is 60.7 Å². The SMILES string of the molecule is COc1ccc(-c2cc(C(F)(F)F)cc(COCC3(c4ccccc4)CCNCC3)n2)cc1.FC(F)(F)c1cc(COCC2(c3ccccc3)CCNCC2)nc(-c2ccncc2)c1. The van der Waals surface area contributed by atoms with E-state index in [0.717, 1.165) is 76.1 Å². The van der Waals surface area contributed by atoms with Gasteiger partial charge in [0.1, 0.15) is 5.75 Å². The highest BCUT2D eigenvalue weighted by Crippen LogP contribution is 2.37. The number of hydrogen-bond donors (Lipinski definition) is 2. The van der Waals surface area contributed by atoms with Gasteiger partial charge >= 0.3 is 12.4 Å². The fourth-order valence-corrected chi connectivity index (χ4v) is 8.36. The summed E-state index contributed by atoms with van der Waals surface area (Å²) in [4.78, 5) is 12.8. The molecule has 2 aliphatic heterocycles. The summed E-state index contributed by atoms with van der Waals surface area (Å²) in [6, 6.07) is 34.8. The van der Waals surface area contributed by atoms with Crippen LogP contribution in [0.2, 0.25) is 0 Å². The summed E-state index contributed by atoms with van der Waals surface area (Å²) in [5, 5.41) is 6.74. The van der Waals surface area contributed by atoms with E-state index in [9.17, 15) is 26.3 Å². The molecule has 0 unspecified atom stereocenters. The van der Waals surface area contributed by atoms with Gasteiger partial charge in [-0.15, -0.1) is 0 Å². The molecule has 0 atom stereocenters. The van der Waals surface area contributed by atoms with Gasteiger partial charge in [0.2, 0.25) is 0 Å². The van der Waals surface area contributed by atoms with Gasteiger partial charge in [0.15, 0.2) is 0 Å². The van der Waals surface area contributed by atoms with E-state index in [2.05, 4.69) is 49.9 Å². The van der Waals surface area contributed by atoms with E-state index in [-0.39, 0.29) is 46.8 Å². The first-order chi connectivity index (χ1) is 30.9. The highest BCUT2D eigenvalue weighted by Gasteiger charge is 2.37. The van der Waals surface area contributed by atoms with Gasteiger partial charge in [0.25, 0.3) is 0 Å². The van der Waals surface area contributed by atoms with Crippen LogP contribution in [-0.2, 0) is 45.9 Å². The number of hydrogen-bond acceptors (Lipinski definition) is 8. The van der Waals surface area contributed by atoms with Crippen LogP contribution in [0.4, 0.5) is 26.3 Å². The minimum absolute atomic E-state index is 0.00901. The first-order valence-electron chi connectivity index (χ1n) is 21.3. The zero-order valence-electron chi connectivity index (χ0n) is 35.5. The highest BCUT2D eigenvalue weighted by atomic mass is 19.4. The van der Waals surface area contributed by atoms with Crippen LogP contribution in [0.25, 0.3) is 22.5 Å². The maximum atomic E-state index is 13.6. The molecule has 0 amide bonds. The van der Waals surface area contributed by atoms with Crippen molar-refractivity contribution in [3.8, 4) is 28.3 Å². The van der Waals surface area contributed by atoms with Gasteiger partial charge in [-0.2, -0.15) is 26.3 Å². The number of pyridine rings is 3. The Morgan fingerprint density at radius 2 is 0.938 bits per heavy atom. The zero-order chi connectivity index (χ0) is 45.0. The summed E-state index contributed by atoms with van der Waals surface area (Å²) in [5.74, 6) is 0.627. The lowest BCUT2D eigenvalue weighted by Gasteiger charge is -2.38. The standard InChI is InChI=1S/C26H27F3N2O2.C24H24F3N3O/c1-32-23-9-7-19(8-10-23)24-16-21(26(27,28)29)15-22(31-24)17-33-18-25(11-13-30-14-12-25)20-5-3-2-4-6-20;25-24(26,27)20-14-21(30-22(15-20)18-6-10-28-11-7-18)16-31-17-23(8-12-29-13-9-23)19-4-2-1-3-5-19/h2-10,15-16,30H,11-14,17-18H2,1H3;1-7,10-11,14-15,29H,8-9,12-13,16-17H2. The molecule has 0 saturated carbocycles. The second-order valence-corrected chi connectivity index (χ2v) is 16.2. The number of nitrogens with one attached hydrogen (secondary N) is 2. The first-order valence-corrected chi connectivity index (χ1v) is 21.3. The molecule has 336 valence electrons. The molecule has 64 heavy (non-hydrogen) atoms. The molecule has 3 aromatic heterocycles. The molecule has 2 N–H and O–H groups in total. The monoisotopic (exact) mass is 883 g/mol. The highest BCUT2D eigenvalue weighted by molar-refractivity contribution is 5.62. The third-order valence-corrected chi connectivity index (χ3v) is 11.9. The fourth-order valence-electron chi connectivity index (χ4n) is 8.36. The molecule has 0 bridgehead atoms. The topological polar surface area (TPSA) is 90.4 Å². The Morgan fingerprint density at radius 1 is 0.531 bits per heavy atom. The molecule has 8 rings (SSSR count). The number of piperidine rings is 2. The maximum Gasteiger partial charge on any atom is 0.416 e. The van der Waals surface area contributed by atoms with Crippen LogP contribution in [0.3, 0.4) is 0 Å². The van der Waals surface area contributed by atoms with Crippen molar-refractivity contribution in [2.75, 3.05) is 46.5 Å². The average molecular weight is 884 g/mol. The molecule has 0 radical (unpaired) electrons. The Kier molecular flexibility index (Phi) is 15.1. The Bertz CT molecular complexity index is 2370. The summed E-state index contributed by atoms with van der Waals surface area (Å²) in [7, 11) is 1.54. The zero-order valence-corrected chi connectivity index (χ0v) is 35.5. The predicted molar refractivity (Wildman–Crippen MR) is 233 cm³/mol. The number of halogens is 6. The van der Waals surface area contributed by atoms with Crippen molar-refractivity contribution in [2.24, 2.45) is 0 Å². The largest absolute Gasteiger partial charge is 0.497 e. The summed E-state index contributed by atoms with van der Waals surface area (Å²) < 4.78 is 98.3. The van der Waals surface area contributed by atoms with Crippen molar-refractivity contribution in [2.45, 2.75) is 62.1 Å². The Labute approximate surface area is 369 Å². The molecule has 6 aromatic rings. The summed E-state index contributed by atoms with van der Waals surface area (Å²) in [6.45, 7) is 4.40. The normalized spacial score (nSPS) is 16.0. The summed E-state index contributed by atoms with van der Waals surface area (Å²) in [5.41, 5.74) is 2.83. The van der Waals surface area contributed by atoms with Crippen LogP contribution < -0.4 is 15.4 Å². The van der Waals surface area contributed by atoms with Crippen LogP contribution in [-0.4, -0.2) is 61.5 Å². The molecular weight excluding hydrogens is 833 g/mol. The lowest BCUT2D eigenvalue weighted by molar-refractivity contribution is -0.138. The number of alkyl halides is 6. The van der Waals surface area contributed by atoms with Crippen LogP contribution in [0, 0.1) is 0 Å². The van der Waals surface area contributed by atoms with E-state index in [1.54, 1.807) is 36.4 Å². The number of benzene rings is 3. The van der Waals surface area contributed by atoms with E-state index in [1.807, 2.05) is 36.4 Å². The van der Waals surface area contributed by atoms with Crippen molar-refractivity contribution >= 4 is 0 Å². The summed E-state index contributed by atoms with van der Waals surface area (Å²) >= 11 is 0. The van der Waals surface area contributed by atoms with Gasteiger partial charge in [0.05, 0.1) is 67.4 Å². The van der Waals surface area contributed by atoms with Gasteiger partial charge in [-0.3, -0.25) is 15.0 Å². The quantitative estimate of drug-likeness (QED) is 0.111. The van der Waals surface area contributed by atoms with E-state index in [4.69, 9.17) is 14.2 Å². The van der Waals surface area contributed by atoms with Gasteiger partial charge in [-0.05, 0) is 124 Å². The molecule has 0 aliphatic carbocycles. The molecule has 2 fully saturated rings. The van der Waals surface area contributed by atoms with Crippen LogP contribution >= 0.6 is 0 Å². The molecule has 8 nitrogen and oxygen atoms in total. The first kappa shape index (κ1) is 46.3. The van der Waals surface area contributed by atoms with Crippen molar-refractivity contribution < 1.29 is 40.6 Å². The second kappa shape index (κ2) is 20.9. The van der Waals surface area contributed by atoms with Crippen LogP contribution in [0.5, 0.6) is 5.75 Å². The third-order valence-electron chi connectivity index (χ3n) is 11.9. The van der Waals surface area contributed by atoms with Gasteiger partial charge < -0.3 is 24.8 Å². The van der Waals surface area contributed by atoms with Crippen LogP contribution in [0.15, 0.2) is 134 Å². The minimum atomic E-state index is -4.47. The number of rotatable bonds is 13. The Morgan fingerprint density at radius 3 is 1.33 bits per heavy atom. The number of ether oxygens (including phenoxy) is 3. The van der Waals surface area contributed by atoms with E-state index < -0.39 is 23.5 Å². The third kappa shape index (κ3) is 11.9. The Balaban J connectivity index is 0.000000192. The van der Waals surface area contributed by atoms with Crippen molar-refractivity contribution in [1.82, 2.24) is 25.6 Å². The average Bonchev–Trinajstić information content (AvgIpc) is 3.32. The molecule has 0 spiro atoms. The molecule has 5 heterocycles. The maximum absolute atomic E-state index is 13.6. The van der Waals surface area contributed by atoms with E-state index >= 15 is 0 Å². The van der Waals surface area contributed by atoms with Gasteiger partial charge in [-0.25, -0.2) is 0 Å². The lowest BCUT2D eigenvalue weighted by Crippen LogP contribution is -2.43. The van der Waals surface area contributed by atoms with E-state index in [1.165, 1.54) is 30.6 Å². The van der Waals surface area contributed by atoms with Gasteiger partial charge in [0, 0.05) is 34.4 Å². The number of nitrogens with zero attached hydrogens (tertiary/aromatic N) is 3. The number of aromatic nitrogens is 3. The van der Waals surface area contributed by atoms with E-state index in [0.29, 0.717) is 30.1 Å². The predicted octanol–water partition coefficient (Wildman–Crippen LogP) is 10.6. The summed E-state index contributed by atoms with van der Waals surface area (Å²) in [6.07, 6.45) is -2.22.